The van der Waals surface area contributed by atoms with Gasteiger partial charge in [0.15, 0.2) is 0 Å². The summed E-state index contributed by atoms with van der Waals surface area (Å²) in [6, 6.07) is 15.9. The van der Waals surface area contributed by atoms with E-state index in [2.05, 4.69) is 34.6 Å². The number of hydrogen-bond acceptors (Lipinski definition) is 3. The molecule has 1 fully saturated rings. The number of piperidine rings is 1. The maximum atomic E-state index is 12.2. The Morgan fingerprint density at radius 2 is 1.81 bits per heavy atom. The number of nitrogens with one attached hydrogen (secondary N) is 2. The van der Waals surface area contributed by atoms with Gasteiger partial charge in [0.25, 0.3) is 0 Å². The van der Waals surface area contributed by atoms with Gasteiger partial charge < -0.3 is 20.3 Å². The lowest BCUT2D eigenvalue weighted by Gasteiger charge is -2.32. The van der Waals surface area contributed by atoms with E-state index in [0.717, 1.165) is 35.8 Å². The van der Waals surface area contributed by atoms with Crippen molar-refractivity contribution in [2.24, 2.45) is 5.92 Å². The average molecular weight is 367 g/mol. The minimum absolute atomic E-state index is 0.202. The highest BCUT2D eigenvalue weighted by atomic mass is 16.5. The number of ether oxygens (including phenoxy) is 1. The molecule has 0 saturated carbocycles. The second-order valence-electron chi connectivity index (χ2n) is 7.28. The summed E-state index contributed by atoms with van der Waals surface area (Å²) in [5, 5.41) is 5.79. The lowest BCUT2D eigenvalue weighted by atomic mass is 9.99. The van der Waals surface area contributed by atoms with Crippen LogP contribution in [0.25, 0.3) is 0 Å². The SMILES string of the molecule is COCc1cccc(CNC(=O)Nc2ccc(N3CCC(C)CC3)cc2)c1. The van der Waals surface area contributed by atoms with Gasteiger partial charge in [0.2, 0.25) is 0 Å². The number of nitrogens with zero attached hydrogens (tertiary/aromatic N) is 1. The van der Waals surface area contributed by atoms with Crippen molar-refractivity contribution < 1.29 is 9.53 Å². The fraction of sp³-hybridized carbons (Fsp3) is 0.409. The summed E-state index contributed by atoms with van der Waals surface area (Å²) in [5.41, 5.74) is 4.17. The van der Waals surface area contributed by atoms with E-state index in [9.17, 15) is 4.79 Å². The first kappa shape index (κ1) is 19.2. The van der Waals surface area contributed by atoms with Gasteiger partial charge in [-0.25, -0.2) is 4.79 Å². The van der Waals surface area contributed by atoms with Crippen LogP contribution in [0.4, 0.5) is 16.2 Å². The van der Waals surface area contributed by atoms with Crippen LogP contribution in [-0.2, 0) is 17.9 Å². The molecule has 0 aromatic heterocycles. The number of carbonyl (C=O) groups excluding carboxylic acids is 1. The molecule has 144 valence electrons. The van der Waals surface area contributed by atoms with E-state index >= 15 is 0 Å². The molecule has 27 heavy (non-hydrogen) atoms. The number of benzene rings is 2. The molecule has 0 radical (unpaired) electrons. The van der Waals surface area contributed by atoms with Crippen LogP contribution in [0, 0.1) is 5.92 Å². The van der Waals surface area contributed by atoms with Crippen LogP contribution in [0.5, 0.6) is 0 Å². The van der Waals surface area contributed by atoms with Gasteiger partial charge in [-0.1, -0.05) is 31.2 Å². The van der Waals surface area contributed by atoms with Gasteiger partial charge in [-0.05, 0) is 54.2 Å². The van der Waals surface area contributed by atoms with Crippen molar-refractivity contribution in [1.82, 2.24) is 5.32 Å². The van der Waals surface area contributed by atoms with Gasteiger partial charge in [-0.3, -0.25) is 0 Å². The predicted molar refractivity (Wildman–Crippen MR) is 110 cm³/mol. The van der Waals surface area contributed by atoms with Crippen LogP contribution < -0.4 is 15.5 Å². The molecule has 2 N–H and O–H groups in total. The monoisotopic (exact) mass is 367 g/mol. The van der Waals surface area contributed by atoms with E-state index in [1.807, 2.05) is 36.4 Å². The molecule has 1 heterocycles. The molecule has 2 amide bonds. The van der Waals surface area contributed by atoms with Crippen molar-refractivity contribution in [2.45, 2.75) is 32.9 Å². The first-order valence-corrected chi connectivity index (χ1v) is 9.60. The van der Waals surface area contributed by atoms with Gasteiger partial charge in [-0.15, -0.1) is 0 Å². The number of methoxy groups -OCH3 is 1. The molecule has 5 heteroatoms. The van der Waals surface area contributed by atoms with Crippen molar-refractivity contribution in [3.63, 3.8) is 0 Å². The first-order valence-electron chi connectivity index (χ1n) is 9.60. The summed E-state index contributed by atoms with van der Waals surface area (Å²) in [6.07, 6.45) is 2.49. The standard InChI is InChI=1S/C22H29N3O2/c1-17-10-12-25(13-11-17)21-8-6-20(7-9-21)24-22(26)23-15-18-4-3-5-19(14-18)16-27-2/h3-9,14,17H,10-13,15-16H2,1-2H3,(H2,23,24,26). The van der Waals surface area contributed by atoms with E-state index in [4.69, 9.17) is 4.74 Å². The Bertz CT molecular complexity index is 737. The highest BCUT2D eigenvalue weighted by Crippen LogP contribution is 2.24. The molecular formula is C22H29N3O2. The van der Waals surface area contributed by atoms with Gasteiger partial charge in [0.05, 0.1) is 6.61 Å². The summed E-state index contributed by atoms with van der Waals surface area (Å²) in [7, 11) is 1.68. The second kappa shape index (κ2) is 9.42. The Kier molecular flexibility index (Phi) is 6.71. The van der Waals surface area contributed by atoms with E-state index in [-0.39, 0.29) is 6.03 Å². The first-order chi connectivity index (χ1) is 13.1. The number of hydrogen-bond donors (Lipinski definition) is 2. The van der Waals surface area contributed by atoms with Crippen LogP contribution >= 0.6 is 0 Å². The zero-order chi connectivity index (χ0) is 19.1. The normalized spacial score (nSPS) is 14.8. The Morgan fingerprint density at radius 3 is 2.52 bits per heavy atom. The van der Waals surface area contributed by atoms with Crippen molar-refractivity contribution >= 4 is 17.4 Å². The van der Waals surface area contributed by atoms with Crippen molar-refractivity contribution in [3.8, 4) is 0 Å². The van der Waals surface area contributed by atoms with Gasteiger partial charge in [0.1, 0.15) is 0 Å². The smallest absolute Gasteiger partial charge is 0.319 e. The molecule has 0 unspecified atom stereocenters. The van der Waals surface area contributed by atoms with Crippen molar-refractivity contribution in [1.29, 1.82) is 0 Å². The van der Waals surface area contributed by atoms with Crippen LogP contribution in [-0.4, -0.2) is 26.2 Å². The number of urea groups is 1. The fourth-order valence-corrected chi connectivity index (χ4v) is 3.38. The molecule has 2 aromatic carbocycles. The molecule has 0 spiro atoms. The number of anilines is 2. The molecule has 0 bridgehead atoms. The molecule has 5 nitrogen and oxygen atoms in total. The largest absolute Gasteiger partial charge is 0.380 e. The third-order valence-corrected chi connectivity index (χ3v) is 5.03. The zero-order valence-electron chi connectivity index (χ0n) is 16.2. The number of amides is 2. The van der Waals surface area contributed by atoms with E-state index in [1.165, 1.54) is 18.5 Å². The molecule has 0 atom stereocenters. The van der Waals surface area contributed by atoms with Crippen LogP contribution in [0.2, 0.25) is 0 Å². The molecule has 3 rings (SSSR count). The summed E-state index contributed by atoms with van der Waals surface area (Å²) >= 11 is 0. The fourth-order valence-electron chi connectivity index (χ4n) is 3.38. The molecule has 2 aromatic rings. The minimum Gasteiger partial charge on any atom is -0.380 e. The van der Waals surface area contributed by atoms with E-state index in [0.29, 0.717) is 13.2 Å². The van der Waals surface area contributed by atoms with Gasteiger partial charge >= 0.3 is 6.03 Å². The Morgan fingerprint density at radius 1 is 1.11 bits per heavy atom. The Labute approximate surface area is 161 Å². The van der Waals surface area contributed by atoms with Gasteiger partial charge in [0, 0.05) is 38.1 Å². The van der Waals surface area contributed by atoms with Crippen molar-refractivity contribution in [3.05, 3.63) is 59.7 Å². The lowest BCUT2D eigenvalue weighted by molar-refractivity contribution is 0.185. The summed E-state index contributed by atoms with van der Waals surface area (Å²) < 4.78 is 5.14. The predicted octanol–water partition coefficient (Wildman–Crippen LogP) is 4.39. The van der Waals surface area contributed by atoms with Crippen molar-refractivity contribution in [2.75, 3.05) is 30.4 Å². The number of rotatable bonds is 6. The van der Waals surface area contributed by atoms with Crippen LogP contribution in [0.15, 0.2) is 48.5 Å². The highest BCUT2D eigenvalue weighted by molar-refractivity contribution is 5.89. The molecule has 1 aliphatic rings. The Balaban J connectivity index is 1.48. The van der Waals surface area contributed by atoms with Crippen LogP contribution in [0.1, 0.15) is 30.9 Å². The molecule has 1 saturated heterocycles. The maximum absolute atomic E-state index is 12.2. The Hall–Kier alpha value is -2.53. The third kappa shape index (κ3) is 5.73. The summed E-state index contributed by atoms with van der Waals surface area (Å²) in [4.78, 5) is 14.6. The van der Waals surface area contributed by atoms with E-state index in [1.54, 1.807) is 7.11 Å². The average Bonchev–Trinajstić information content (AvgIpc) is 2.68. The van der Waals surface area contributed by atoms with E-state index < -0.39 is 0 Å². The number of carbonyl (C=O) groups is 1. The highest BCUT2D eigenvalue weighted by Gasteiger charge is 2.15. The minimum atomic E-state index is -0.202. The maximum Gasteiger partial charge on any atom is 0.319 e. The molecular weight excluding hydrogens is 338 g/mol. The zero-order valence-corrected chi connectivity index (χ0v) is 16.2. The quantitative estimate of drug-likeness (QED) is 0.796. The van der Waals surface area contributed by atoms with Gasteiger partial charge in [-0.2, -0.15) is 0 Å². The summed E-state index contributed by atoms with van der Waals surface area (Å²) in [6.45, 7) is 5.58. The molecule has 0 aliphatic carbocycles. The second-order valence-corrected chi connectivity index (χ2v) is 7.28. The summed E-state index contributed by atoms with van der Waals surface area (Å²) in [5.74, 6) is 0.820. The third-order valence-electron chi connectivity index (χ3n) is 5.03. The van der Waals surface area contributed by atoms with Crippen LogP contribution in [0.3, 0.4) is 0 Å². The lowest BCUT2D eigenvalue weighted by Crippen LogP contribution is -2.32. The topological polar surface area (TPSA) is 53.6 Å². The molecule has 1 aliphatic heterocycles.